The van der Waals surface area contributed by atoms with Crippen molar-refractivity contribution < 1.29 is 14.3 Å². The predicted octanol–water partition coefficient (Wildman–Crippen LogP) is 1.07. The number of hydrogen-bond acceptors (Lipinski definition) is 3. The molecule has 0 atom stereocenters. The van der Waals surface area contributed by atoms with Crippen molar-refractivity contribution in [3.8, 4) is 0 Å². The highest BCUT2D eigenvalue weighted by Crippen LogP contribution is 2.04. The van der Waals surface area contributed by atoms with E-state index < -0.39 is 5.95 Å². The lowest BCUT2D eigenvalue weighted by atomic mass is 10.3. The molecule has 1 N–H and O–H groups in total. The summed E-state index contributed by atoms with van der Waals surface area (Å²) in [5, 5.41) is 8.83. The number of aromatic nitrogens is 1. The fraction of sp³-hybridized carbons (Fsp3) is 0.455. The second kappa shape index (κ2) is 6.17. The number of aliphatic hydroxyl groups excluding tert-OH is 1. The minimum atomic E-state index is -0.675. The minimum absolute atomic E-state index is 0.0712. The van der Waals surface area contributed by atoms with Gasteiger partial charge < -0.3 is 10.0 Å². The van der Waals surface area contributed by atoms with Crippen molar-refractivity contribution >= 4 is 5.91 Å². The molecule has 0 saturated carbocycles. The Balaban J connectivity index is 2.81. The molecule has 0 bridgehead atoms. The van der Waals surface area contributed by atoms with E-state index in [-0.39, 0.29) is 24.8 Å². The number of aliphatic hydroxyl groups is 1. The quantitative estimate of drug-likeness (QED) is 0.764. The van der Waals surface area contributed by atoms with Crippen LogP contribution in [0.1, 0.15) is 23.8 Å². The van der Waals surface area contributed by atoms with Gasteiger partial charge in [0.2, 0.25) is 5.95 Å². The van der Waals surface area contributed by atoms with Crippen molar-refractivity contribution in [3.63, 3.8) is 0 Å². The fourth-order valence-electron chi connectivity index (χ4n) is 1.39. The van der Waals surface area contributed by atoms with E-state index in [2.05, 4.69) is 4.98 Å². The number of nitrogens with zero attached hydrogens (tertiary/aromatic N) is 2. The SMILES string of the molecule is CCCN(CCO)C(=O)c1cccc(F)n1. The summed E-state index contributed by atoms with van der Waals surface area (Å²) >= 11 is 0. The van der Waals surface area contributed by atoms with Gasteiger partial charge in [-0.15, -0.1) is 0 Å². The minimum Gasteiger partial charge on any atom is -0.395 e. The Labute approximate surface area is 93.7 Å². The second-order valence-electron chi connectivity index (χ2n) is 3.36. The van der Waals surface area contributed by atoms with E-state index in [9.17, 15) is 9.18 Å². The maximum Gasteiger partial charge on any atom is 0.272 e. The molecule has 1 aromatic heterocycles. The standard InChI is InChI=1S/C11H15FN2O2/c1-2-6-14(7-8-15)11(16)9-4-3-5-10(12)13-9/h3-5,15H,2,6-8H2,1H3. The molecule has 0 saturated heterocycles. The van der Waals surface area contributed by atoms with Gasteiger partial charge in [-0.05, 0) is 18.6 Å². The van der Waals surface area contributed by atoms with Crippen LogP contribution in [0.4, 0.5) is 4.39 Å². The number of carbonyl (C=O) groups excluding carboxylic acids is 1. The molecular weight excluding hydrogens is 211 g/mol. The lowest BCUT2D eigenvalue weighted by molar-refractivity contribution is 0.0715. The van der Waals surface area contributed by atoms with E-state index in [0.29, 0.717) is 6.54 Å². The molecule has 0 aliphatic carbocycles. The number of pyridine rings is 1. The average molecular weight is 226 g/mol. The first-order valence-electron chi connectivity index (χ1n) is 5.21. The summed E-state index contributed by atoms with van der Waals surface area (Å²) in [5.74, 6) is -1.03. The molecule has 1 amide bonds. The van der Waals surface area contributed by atoms with Crippen LogP contribution in [0.5, 0.6) is 0 Å². The molecule has 0 spiro atoms. The highest BCUT2D eigenvalue weighted by Gasteiger charge is 2.15. The number of carbonyl (C=O) groups is 1. The summed E-state index contributed by atoms with van der Waals surface area (Å²) in [6, 6.07) is 4.09. The van der Waals surface area contributed by atoms with E-state index in [1.807, 2.05) is 6.92 Å². The molecule has 1 rings (SSSR count). The third kappa shape index (κ3) is 3.27. The lowest BCUT2D eigenvalue weighted by Crippen LogP contribution is -2.34. The van der Waals surface area contributed by atoms with Gasteiger partial charge in [0.1, 0.15) is 5.69 Å². The smallest absolute Gasteiger partial charge is 0.272 e. The van der Waals surface area contributed by atoms with E-state index >= 15 is 0 Å². The molecule has 5 heteroatoms. The van der Waals surface area contributed by atoms with Gasteiger partial charge in [0.25, 0.3) is 5.91 Å². The first kappa shape index (κ1) is 12.6. The van der Waals surface area contributed by atoms with Crippen molar-refractivity contribution in [1.82, 2.24) is 9.88 Å². The molecule has 0 aliphatic rings. The summed E-state index contributed by atoms with van der Waals surface area (Å²) in [7, 11) is 0. The van der Waals surface area contributed by atoms with Gasteiger partial charge in [0.05, 0.1) is 6.61 Å². The highest BCUT2D eigenvalue weighted by atomic mass is 19.1. The number of halogens is 1. The topological polar surface area (TPSA) is 53.4 Å². The van der Waals surface area contributed by atoms with Crippen LogP contribution < -0.4 is 0 Å². The largest absolute Gasteiger partial charge is 0.395 e. The van der Waals surface area contributed by atoms with Gasteiger partial charge >= 0.3 is 0 Å². The van der Waals surface area contributed by atoms with Crippen LogP contribution in [0.2, 0.25) is 0 Å². The molecule has 0 fully saturated rings. The Morgan fingerprint density at radius 3 is 2.81 bits per heavy atom. The van der Waals surface area contributed by atoms with Crippen molar-refractivity contribution in [3.05, 3.63) is 29.8 Å². The summed E-state index contributed by atoms with van der Waals surface area (Å²) in [5.41, 5.74) is 0.0712. The van der Waals surface area contributed by atoms with Crippen molar-refractivity contribution in [2.75, 3.05) is 19.7 Å². The van der Waals surface area contributed by atoms with Crippen molar-refractivity contribution in [1.29, 1.82) is 0 Å². The van der Waals surface area contributed by atoms with E-state index in [1.165, 1.54) is 23.1 Å². The second-order valence-corrected chi connectivity index (χ2v) is 3.36. The molecule has 1 heterocycles. The Morgan fingerprint density at radius 1 is 1.50 bits per heavy atom. The summed E-state index contributed by atoms with van der Waals surface area (Å²) in [6.07, 6.45) is 0.779. The molecule has 0 radical (unpaired) electrons. The van der Waals surface area contributed by atoms with E-state index in [1.54, 1.807) is 0 Å². The van der Waals surface area contributed by atoms with E-state index in [4.69, 9.17) is 5.11 Å². The first-order chi connectivity index (χ1) is 7.69. The Kier molecular flexibility index (Phi) is 4.85. The van der Waals surface area contributed by atoms with Crippen molar-refractivity contribution in [2.24, 2.45) is 0 Å². The van der Waals surface area contributed by atoms with Crippen LogP contribution in [-0.2, 0) is 0 Å². The van der Waals surface area contributed by atoms with E-state index in [0.717, 1.165) is 6.42 Å². The summed E-state index contributed by atoms with van der Waals surface area (Å²) in [4.78, 5) is 16.8. The Hall–Kier alpha value is -1.49. The van der Waals surface area contributed by atoms with Crippen LogP contribution in [0, 0.1) is 5.95 Å². The molecule has 1 aromatic rings. The normalized spacial score (nSPS) is 10.2. The summed E-state index contributed by atoms with van der Waals surface area (Å²) in [6.45, 7) is 2.58. The molecule has 88 valence electrons. The number of amides is 1. The zero-order valence-corrected chi connectivity index (χ0v) is 9.19. The summed E-state index contributed by atoms with van der Waals surface area (Å²) < 4.78 is 12.8. The van der Waals surface area contributed by atoms with Crippen LogP contribution >= 0.6 is 0 Å². The molecule has 0 unspecified atom stereocenters. The van der Waals surface area contributed by atoms with Gasteiger partial charge in [-0.1, -0.05) is 13.0 Å². The lowest BCUT2D eigenvalue weighted by Gasteiger charge is -2.20. The first-order valence-corrected chi connectivity index (χ1v) is 5.21. The van der Waals surface area contributed by atoms with Crippen LogP contribution in [0.25, 0.3) is 0 Å². The molecular formula is C11H15FN2O2. The van der Waals surface area contributed by atoms with Gasteiger partial charge in [0, 0.05) is 13.1 Å². The average Bonchev–Trinajstić information content (AvgIpc) is 2.28. The maximum absolute atomic E-state index is 12.8. The highest BCUT2D eigenvalue weighted by molar-refractivity contribution is 5.92. The van der Waals surface area contributed by atoms with Crippen LogP contribution in [0.3, 0.4) is 0 Å². The molecule has 0 aliphatic heterocycles. The van der Waals surface area contributed by atoms with Crippen LogP contribution in [-0.4, -0.2) is 40.6 Å². The predicted molar refractivity (Wildman–Crippen MR) is 57.5 cm³/mol. The van der Waals surface area contributed by atoms with Crippen LogP contribution in [0.15, 0.2) is 18.2 Å². The van der Waals surface area contributed by atoms with Crippen molar-refractivity contribution in [2.45, 2.75) is 13.3 Å². The zero-order chi connectivity index (χ0) is 12.0. The molecule has 4 nitrogen and oxygen atoms in total. The van der Waals surface area contributed by atoms with Gasteiger partial charge in [-0.3, -0.25) is 4.79 Å². The number of rotatable bonds is 5. The van der Waals surface area contributed by atoms with Gasteiger partial charge in [0.15, 0.2) is 0 Å². The van der Waals surface area contributed by atoms with Gasteiger partial charge in [-0.25, -0.2) is 4.98 Å². The fourth-order valence-corrected chi connectivity index (χ4v) is 1.39. The zero-order valence-electron chi connectivity index (χ0n) is 9.19. The maximum atomic E-state index is 12.8. The Bertz CT molecular complexity index is 352. The van der Waals surface area contributed by atoms with Gasteiger partial charge in [-0.2, -0.15) is 4.39 Å². The number of hydrogen-bond donors (Lipinski definition) is 1. The molecule has 0 aromatic carbocycles. The Morgan fingerprint density at radius 2 is 2.25 bits per heavy atom. The molecule has 16 heavy (non-hydrogen) atoms. The third-order valence-corrected chi connectivity index (χ3v) is 2.08. The monoisotopic (exact) mass is 226 g/mol. The third-order valence-electron chi connectivity index (χ3n) is 2.08.